The number of primary amides is 1. The first-order chi connectivity index (χ1) is 8.22. The molecule has 1 aliphatic rings. The van der Waals surface area contributed by atoms with Crippen molar-refractivity contribution in [1.82, 2.24) is 4.90 Å². The van der Waals surface area contributed by atoms with Crippen LogP contribution < -0.4 is 11.5 Å². The quantitative estimate of drug-likeness (QED) is 0.615. The van der Waals surface area contributed by atoms with Crippen LogP contribution >= 0.6 is 0 Å². The Labute approximate surface area is 106 Å². The number of carbonyl (C=O) groups excluding carboxylic acids is 2. The summed E-state index contributed by atoms with van der Waals surface area (Å²) in [5, 5.41) is 0. The highest BCUT2D eigenvalue weighted by atomic mass is 32.2. The fourth-order valence-electron chi connectivity index (χ4n) is 2.00. The maximum absolute atomic E-state index is 12.0. The second-order valence-electron chi connectivity index (χ2n) is 4.62. The molecule has 4 N–H and O–H groups in total. The van der Waals surface area contributed by atoms with Gasteiger partial charge in [0.25, 0.3) is 0 Å². The lowest BCUT2D eigenvalue weighted by Gasteiger charge is -2.25. The van der Waals surface area contributed by atoms with Crippen molar-refractivity contribution in [1.29, 1.82) is 0 Å². The third-order valence-corrected chi connectivity index (χ3v) is 3.96. The minimum Gasteiger partial charge on any atom is -0.368 e. The lowest BCUT2D eigenvalue weighted by atomic mass is 10.1. The zero-order valence-electron chi connectivity index (χ0n) is 10.3. The van der Waals surface area contributed by atoms with E-state index in [0.29, 0.717) is 19.4 Å². The Kier molecular flexibility index (Phi) is 4.69. The van der Waals surface area contributed by atoms with Crippen LogP contribution in [-0.2, 0) is 19.4 Å². The van der Waals surface area contributed by atoms with Gasteiger partial charge in [0.2, 0.25) is 11.8 Å². The predicted octanol–water partition coefficient (Wildman–Crippen LogP) is -1.78. The lowest BCUT2D eigenvalue weighted by Crippen LogP contribution is -2.50. The molecule has 0 spiro atoms. The molecule has 2 amide bonds. The van der Waals surface area contributed by atoms with Crippen LogP contribution in [0.15, 0.2) is 0 Å². The Balaban J connectivity index is 2.60. The Morgan fingerprint density at radius 2 is 2.06 bits per heavy atom. The smallest absolute Gasteiger partial charge is 0.240 e. The van der Waals surface area contributed by atoms with E-state index in [0.717, 1.165) is 6.26 Å². The molecule has 0 bridgehead atoms. The van der Waals surface area contributed by atoms with E-state index in [4.69, 9.17) is 11.5 Å². The van der Waals surface area contributed by atoms with Gasteiger partial charge in [-0.3, -0.25) is 9.59 Å². The Morgan fingerprint density at radius 1 is 1.44 bits per heavy atom. The summed E-state index contributed by atoms with van der Waals surface area (Å²) in [6, 6.07) is -1.51. The summed E-state index contributed by atoms with van der Waals surface area (Å²) in [6.45, 7) is 0.443. The van der Waals surface area contributed by atoms with Crippen molar-refractivity contribution in [3.8, 4) is 0 Å². The summed E-state index contributed by atoms with van der Waals surface area (Å²) < 4.78 is 22.0. The molecule has 104 valence electrons. The highest BCUT2D eigenvalue weighted by Crippen LogP contribution is 2.18. The van der Waals surface area contributed by atoms with Crippen LogP contribution in [0, 0.1) is 0 Å². The van der Waals surface area contributed by atoms with Gasteiger partial charge in [0.15, 0.2) is 0 Å². The van der Waals surface area contributed by atoms with Gasteiger partial charge in [-0.2, -0.15) is 0 Å². The lowest BCUT2D eigenvalue weighted by molar-refractivity contribution is -0.138. The highest BCUT2D eigenvalue weighted by molar-refractivity contribution is 7.90. The van der Waals surface area contributed by atoms with Crippen LogP contribution in [0.3, 0.4) is 0 Å². The first-order valence-corrected chi connectivity index (χ1v) is 7.81. The summed E-state index contributed by atoms with van der Waals surface area (Å²) >= 11 is 0. The topological polar surface area (TPSA) is 124 Å². The third kappa shape index (κ3) is 3.95. The minimum atomic E-state index is -3.15. The van der Waals surface area contributed by atoms with Crippen LogP contribution in [0.1, 0.15) is 19.3 Å². The predicted molar refractivity (Wildman–Crippen MR) is 66.2 cm³/mol. The van der Waals surface area contributed by atoms with Crippen molar-refractivity contribution in [3.05, 3.63) is 0 Å². The summed E-state index contributed by atoms with van der Waals surface area (Å²) in [5.41, 5.74) is 10.9. The average molecular weight is 277 g/mol. The molecule has 0 aromatic rings. The molecule has 0 aromatic heterocycles. The fraction of sp³-hybridized carbons (Fsp3) is 0.800. The van der Waals surface area contributed by atoms with Crippen LogP contribution in [0.4, 0.5) is 0 Å². The van der Waals surface area contributed by atoms with Crippen LogP contribution in [0.2, 0.25) is 0 Å². The molecule has 1 saturated heterocycles. The van der Waals surface area contributed by atoms with Crippen molar-refractivity contribution in [3.63, 3.8) is 0 Å². The second kappa shape index (κ2) is 5.66. The third-order valence-electron chi connectivity index (χ3n) is 2.98. The number of nitrogens with zero attached hydrogens (tertiary/aromatic N) is 1. The molecule has 1 heterocycles. The van der Waals surface area contributed by atoms with E-state index in [-0.39, 0.29) is 12.2 Å². The monoisotopic (exact) mass is 277 g/mol. The molecular weight excluding hydrogens is 258 g/mol. The fourth-order valence-corrected chi connectivity index (χ4v) is 2.69. The summed E-state index contributed by atoms with van der Waals surface area (Å²) in [4.78, 5) is 24.5. The first-order valence-electron chi connectivity index (χ1n) is 5.75. The van der Waals surface area contributed by atoms with E-state index in [1.807, 2.05) is 0 Å². The van der Waals surface area contributed by atoms with Gasteiger partial charge < -0.3 is 16.4 Å². The van der Waals surface area contributed by atoms with Gasteiger partial charge in [-0.25, -0.2) is 8.42 Å². The van der Waals surface area contributed by atoms with Gasteiger partial charge in [0.1, 0.15) is 15.9 Å². The Morgan fingerprint density at radius 3 is 2.56 bits per heavy atom. The molecule has 1 fully saturated rings. The number of carbonyl (C=O) groups is 2. The number of nitrogens with two attached hydrogens (primary N) is 2. The number of rotatable bonds is 5. The number of hydrogen-bond acceptors (Lipinski definition) is 5. The van der Waals surface area contributed by atoms with E-state index in [2.05, 4.69) is 0 Å². The average Bonchev–Trinajstić information content (AvgIpc) is 2.72. The number of amides is 2. The van der Waals surface area contributed by atoms with E-state index >= 15 is 0 Å². The van der Waals surface area contributed by atoms with Gasteiger partial charge in [-0.1, -0.05) is 0 Å². The normalized spacial score (nSPS) is 21.9. The van der Waals surface area contributed by atoms with Crippen molar-refractivity contribution in [2.45, 2.75) is 31.3 Å². The Hall–Kier alpha value is -1.15. The van der Waals surface area contributed by atoms with Gasteiger partial charge in [-0.15, -0.1) is 0 Å². The maximum Gasteiger partial charge on any atom is 0.240 e. The summed E-state index contributed by atoms with van der Waals surface area (Å²) in [6.07, 6.45) is 2.39. The molecule has 0 aliphatic carbocycles. The van der Waals surface area contributed by atoms with Crippen LogP contribution in [0.25, 0.3) is 0 Å². The van der Waals surface area contributed by atoms with E-state index in [1.165, 1.54) is 4.90 Å². The van der Waals surface area contributed by atoms with E-state index in [9.17, 15) is 18.0 Å². The maximum atomic E-state index is 12.0. The van der Waals surface area contributed by atoms with Gasteiger partial charge in [0, 0.05) is 12.8 Å². The van der Waals surface area contributed by atoms with Crippen LogP contribution in [0.5, 0.6) is 0 Å². The largest absolute Gasteiger partial charge is 0.368 e. The molecule has 1 rings (SSSR count). The minimum absolute atomic E-state index is 0.0552. The molecule has 18 heavy (non-hydrogen) atoms. The second-order valence-corrected chi connectivity index (χ2v) is 6.88. The number of likely N-dealkylation sites (tertiary alicyclic amines) is 1. The van der Waals surface area contributed by atoms with Crippen molar-refractivity contribution in [2.24, 2.45) is 11.5 Å². The van der Waals surface area contributed by atoms with Gasteiger partial charge in [-0.05, 0) is 19.3 Å². The number of hydrogen-bond donors (Lipinski definition) is 2. The molecular formula is C10H19N3O4S. The van der Waals surface area contributed by atoms with Crippen molar-refractivity contribution >= 4 is 21.7 Å². The SMILES string of the molecule is CS(=O)(=O)CCC(N)C(=O)N1CCCC1C(N)=O. The number of sulfone groups is 1. The molecule has 7 nitrogen and oxygen atoms in total. The zero-order valence-corrected chi connectivity index (χ0v) is 11.1. The molecule has 0 radical (unpaired) electrons. The molecule has 8 heteroatoms. The van der Waals surface area contributed by atoms with Gasteiger partial charge >= 0.3 is 0 Å². The van der Waals surface area contributed by atoms with Crippen LogP contribution in [-0.4, -0.2) is 55.8 Å². The zero-order chi connectivity index (χ0) is 13.9. The molecule has 2 unspecified atom stereocenters. The summed E-state index contributed by atoms with van der Waals surface area (Å²) in [7, 11) is -3.15. The molecule has 0 aromatic carbocycles. The van der Waals surface area contributed by atoms with Crippen molar-refractivity contribution < 1.29 is 18.0 Å². The first kappa shape index (κ1) is 14.9. The van der Waals surface area contributed by atoms with E-state index in [1.54, 1.807) is 0 Å². The molecule has 2 atom stereocenters. The summed E-state index contributed by atoms with van der Waals surface area (Å²) in [5.74, 6) is -1.09. The highest BCUT2D eigenvalue weighted by Gasteiger charge is 2.34. The Bertz CT molecular complexity index is 434. The van der Waals surface area contributed by atoms with E-state index < -0.39 is 33.7 Å². The molecule has 1 aliphatic heterocycles. The van der Waals surface area contributed by atoms with Gasteiger partial charge in [0.05, 0.1) is 11.8 Å². The van der Waals surface area contributed by atoms with Crippen molar-refractivity contribution in [2.75, 3.05) is 18.6 Å². The standard InChI is InChI=1S/C10H19N3O4S/c1-18(16,17)6-4-7(11)10(15)13-5-2-3-8(13)9(12)14/h7-8H,2-6,11H2,1H3,(H2,12,14). The molecule has 0 saturated carbocycles.